The smallest absolute Gasteiger partial charge is 0.170 e. The highest BCUT2D eigenvalue weighted by Crippen LogP contribution is 2.41. The Labute approximate surface area is 95.6 Å². The number of carbonyl (C=O) groups excluding carboxylic acids is 1. The quantitative estimate of drug-likeness (QED) is 0.664. The van der Waals surface area contributed by atoms with Gasteiger partial charge in [-0.05, 0) is 37.8 Å². The fourth-order valence-corrected chi connectivity index (χ4v) is 2.92. The number of carbonyl (C=O) groups is 1. The Morgan fingerprint density at radius 1 is 1.06 bits per heavy atom. The molecule has 0 unspecified atom stereocenters. The Hall–Kier alpha value is -1.31. The molecule has 1 aromatic rings. The summed E-state index contributed by atoms with van der Waals surface area (Å²) in [5.41, 5.74) is 0.586. The molecule has 0 aromatic heterocycles. The van der Waals surface area contributed by atoms with E-state index >= 15 is 0 Å². The van der Waals surface area contributed by atoms with Gasteiger partial charge in [-0.1, -0.05) is 18.6 Å². The largest absolute Gasteiger partial charge is 0.486 e. The predicted octanol–water partition coefficient (Wildman–Crippen LogP) is 3.35. The summed E-state index contributed by atoms with van der Waals surface area (Å²) in [7, 11) is 0. The van der Waals surface area contributed by atoms with Gasteiger partial charge in [0.2, 0.25) is 0 Å². The molecule has 1 fully saturated rings. The maximum absolute atomic E-state index is 12.1. The molecular weight excluding hydrogens is 200 g/mol. The lowest BCUT2D eigenvalue weighted by Gasteiger charge is -2.40. The highest BCUT2D eigenvalue weighted by Gasteiger charge is 2.40. The van der Waals surface area contributed by atoms with Gasteiger partial charge in [0.05, 0.1) is 12.0 Å². The molecule has 0 bridgehead atoms. The minimum Gasteiger partial charge on any atom is -0.486 e. The second kappa shape index (κ2) is 3.62. The summed E-state index contributed by atoms with van der Waals surface area (Å²) in [4.78, 5) is 12.1. The minimum atomic E-state index is -0.177. The predicted molar refractivity (Wildman–Crippen MR) is 61.8 cm³/mol. The van der Waals surface area contributed by atoms with Crippen molar-refractivity contribution >= 4 is 5.78 Å². The summed E-state index contributed by atoms with van der Waals surface area (Å²) in [5, 5.41) is 0. The fourth-order valence-electron chi connectivity index (χ4n) is 2.92. The number of hydrogen-bond acceptors (Lipinski definition) is 2. The zero-order valence-electron chi connectivity index (χ0n) is 9.37. The van der Waals surface area contributed by atoms with Crippen molar-refractivity contribution in [2.75, 3.05) is 0 Å². The molecule has 1 aliphatic carbocycles. The Morgan fingerprint density at radius 3 is 2.62 bits per heavy atom. The third kappa shape index (κ3) is 1.53. The van der Waals surface area contributed by atoms with Gasteiger partial charge in [-0.2, -0.15) is 0 Å². The van der Waals surface area contributed by atoms with Crippen LogP contribution in [0, 0.1) is 0 Å². The molecule has 0 atom stereocenters. The standard InChI is InChI=1S/C14H16O2/c15-12-10-14(8-4-1-5-9-14)16-13-7-3-2-6-11(12)13/h2-3,6-7H,1,4-5,8-10H2. The van der Waals surface area contributed by atoms with Crippen molar-refractivity contribution in [3.63, 3.8) is 0 Å². The van der Waals surface area contributed by atoms with Gasteiger partial charge >= 0.3 is 0 Å². The van der Waals surface area contributed by atoms with Crippen LogP contribution in [0.3, 0.4) is 0 Å². The number of ether oxygens (including phenoxy) is 1. The second-order valence-corrected chi connectivity index (χ2v) is 4.94. The number of Topliss-reactive ketones (excluding diaryl/α,β-unsaturated/α-hetero) is 1. The SMILES string of the molecule is O=C1CC2(CCCCC2)Oc2ccccc21. The average Bonchev–Trinajstić information content (AvgIpc) is 2.30. The monoisotopic (exact) mass is 216 g/mol. The topological polar surface area (TPSA) is 26.3 Å². The highest BCUT2D eigenvalue weighted by molar-refractivity contribution is 6.00. The van der Waals surface area contributed by atoms with E-state index in [0.29, 0.717) is 6.42 Å². The lowest BCUT2D eigenvalue weighted by Crippen LogP contribution is -2.43. The molecule has 1 saturated carbocycles. The molecule has 0 N–H and O–H groups in total. The normalized spacial score (nSPS) is 22.6. The van der Waals surface area contributed by atoms with Crippen molar-refractivity contribution in [1.29, 1.82) is 0 Å². The molecule has 1 aliphatic heterocycles. The number of ketones is 1. The number of benzene rings is 1. The lowest BCUT2D eigenvalue weighted by molar-refractivity contribution is 0.0136. The van der Waals surface area contributed by atoms with E-state index in [1.54, 1.807) is 0 Å². The van der Waals surface area contributed by atoms with E-state index in [-0.39, 0.29) is 11.4 Å². The van der Waals surface area contributed by atoms with E-state index in [2.05, 4.69) is 0 Å². The number of hydrogen-bond donors (Lipinski definition) is 0. The van der Waals surface area contributed by atoms with E-state index in [9.17, 15) is 4.79 Å². The molecule has 2 heteroatoms. The molecule has 0 radical (unpaired) electrons. The van der Waals surface area contributed by atoms with Crippen LogP contribution >= 0.6 is 0 Å². The van der Waals surface area contributed by atoms with Crippen molar-refractivity contribution in [1.82, 2.24) is 0 Å². The van der Waals surface area contributed by atoms with Gasteiger partial charge in [-0.15, -0.1) is 0 Å². The first-order valence-corrected chi connectivity index (χ1v) is 6.10. The molecule has 1 spiro atoms. The first kappa shape index (κ1) is 9.88. The Morgan fingerprint density at radius 2 is 1.81 bits per heavy atom. The van der Waals surface area contributed by atoms with Crippen LogP contribution in [0.1, 0.15) is 48.9 Å². The van der Waals surface area contributed by atoms with E-state index in [0.717, 1.165) is 24.2 Å². The summed E-state index contributed by atoms with van der Waals surface area (Å²) in [6.07, 6.45) is 6.30. The molecule has 0 saturated heterocycles. The van der Waals surface area contributed by atoms with Crippen LogP contribution in [0.4, 0.5) is 0 Å². The third-order valence-corrected chi connectivity index (χ3v) is 3.76. The lowest BCUT2D eigenvalue weighted by atomic mass is 9.78. The van der Waals surface area contributed by atoms with Crippen LogP contribution in [0.2, 0.25) is 0 Å². The van der Waals surface area contributed by atoms with Crippen LogP contribution in [0.5, 0.6) is 5.75 Å². The van der Waals surface area contributed by atoms with Crippen molar-refractivity contribution in [3.8, 4) is 5.75 Å². The summed E-state index contributed by atoms with van der Waals surface area (Å²) < 4.78 is 6.11. The Bertz CT molecular complexity index is 416. The van der Waals surface area contributed by atoms with Crippen molar-refractivity contribution in [2.45, 2.75) is 44.1 Å². The van der Waals surface area contributed by atoms with Crippen LogP contribution in [0.25, 0.3) is 0 Å². The van der Waals surface area contributed by atoms with Gasteiger partial charge in [0.15, 0.2) is 5.78 Å². The van der Waals surface area contributed by atoms with Gasteiger partial charge in [-0.3, -0.25) is 4.79 Å². The van der Waals surface area contributed by atoms with Crippen molar-refractivity contribution in [3.05, 3.63) is 29.8 Å². The molecule has 2 nitrogen and oxygen atoms in total. The van der Waals surface area contributed by atoms with E-state index in [1.165, 1.54) is 19.3 Å². The number of rotatable bonds is 0. The fraction of sp³-hybridized carbons (Fsp3) is 0.500. The van der Waals surface area contributed by atoms with Crippen LogP contribution in [-0.4, -0.2) is 11.4 Å². The highest BCUT2D eigenvalue weighted by atomic mass is 16.5. The minimum absolute atomic E-state index is 0.177. The summed E-state index contributed by atoms with van der Waals surface area (Å²) in [5.74, 6) is 1.05. The zero-order chi connectivity index (χ0) is 11.0. The van der Waals surface area contributed by atoms with Gasteiger partial charge in [0.1, 0.15) is 11.4 Å². The van der Waals surface area contributed by atoms with Crippen molar-refractivity contribution < 1.29 is 9.53 Å². The van der Waals surface area contributed by atoms with Gasteiger partial charge < -0.3 is 4.74 Å². The Balaban J connectivity index is 1.96. The number of para-hydroxylation sites is 1. The van der Waals surface area contributed by atoms with Gasteiger partial charge in [-0.25, -0.2) is 0 Å². The molecular formula is C14H16O2. The first-order valence-electron chi connectivity index (χ1n) is 6.10. The van der Waals surface area contributed by atoms with Crippen LogP contribution < -0.4 is 4.74 Å². The van der Waals surface area contributed by atoms with Crippen LogP contribution in [0.15, 0.2) is 24.3 Å². The maximum atomic E-state index is 12.1. The summed E-state index contributed by atoms with van der Waals surface area (Å²) >= 11 is 0. The molecule has 3 rings (SSSR count). The maximum Gasteiger partial charge on any atom is 0.170 e. The number of fused-ring (bicyclic) bond motifs is 1. The third-order valence-electron chi connectivity index (χ3n) is 3.76. The molecule has 2 aliphatic rings. The summed E-state index contributed by atoms with van der Waals surface area (Å²) in [6, 6.07) is 7.63. The van der Waals surface area contributed by atoms with E-state index in [4.69, 9.17) is 4.74 Å². The van der Waals surface area contributed by atoms with Gasteiger partial charge in [0, 0.05) is 0 Å². The molecule has 16 heavy (non-hydrogen) atoms. The average molecular weight is 216 g/mol. The summed E-state index contributed by atoms with van der Waals surface area (Å²) in [6.45, 7) is 0. The first-order chi connectivity index (χ1) is 7.79. The molecule has 1 heterocycles. The van der Waals surface area contributed by atoms with E-state index in [1.807, 2.05) is 24.3 Å². The molecule has 0 amide bonds. The van der Waals surface area contributed by atoms with E-state index < -0.39 is 0 Å². The second-order valence-electron chi connectivity index (χ2n) is 4.94. The van der Waals surface area contributed by atoms with Gasteiger partial charge in [0.25, 0.3) is 0 Å². The molecule has 84 valence electrons. The van der Waals surface area contributed by atoms with Crippen molar-refractivity contribution in [2.24, 2.45) is 0 Å². The Kier molecular flexibility index (Phi) is 2.23. The molecule has 1 aromatic carbocycles. The van der Waals surface area contributed by atoms with Crippen LogP contribution in [-0.2, 0) is 0 Å². The zero-order valence-corrected chi connectivity index (χ0v) is 9.37.